The van der Waals surface area contributed by atoms with Gasteiger partial charge in [0.15, 0.2) is 11.5 Å². The maximum atomic E-state index is 12.3. The van der Waals surface area contributed by atoms with Gasteiger partial charge in [-0.2, -0.15) is 0 Å². The van der Waals surface area contributed by atoms with Gasteiger partial charge in [-0.05, 0) is 36.4 Å². The number of hydrogen-bond donors (Lipinski definition) is 2. The Bertz CT molecular complexity index is 911. The minimum Gasteiger partial charge on any atom is -0.486 e. The highest BCUT2D eigenvalue weighted by Crippen LogP contribution is 2.34. The number of hydrogen-bond acceptors (Lipinski definition) is 5. The van der Waals surface area contributed by atoms with Crippen molar-refractivity contribution in [3.05, 3.63) is 42.5 Å². The number of benzene rings is 2. The minimum absolute atomic E-state index is 0.126. The highest BCUT2D eigenvalue weighted by Gasteiger charge is 2.18. The Labute approximate surface area is 168 Å². The Morgan fingerprint density at radius 1 is 0.897 bits per heavy atom. The molecular weight excluding hydrogens is 374 g/mol. The van der Waals surface area contributed by atoms with E-state index in [1.807, 2.05) is 0 Å². The van der Waals surface area contributed by atoms with Gasteiger partial charge >= 0.3 is 0 Å². The van der Waals surface area contributed by atoms with E-state index in [0.717, 1.165) is 0 Å². The lowest BCUT2D eigenvalue weighted by molar-refractivity contribution is -0.117. The van der Waals surface area contributed by atoms with E-state index in [9.17, 15) is 14.4 Å². The molecule has 1 aliphatic heterocycles. The second-order valence-corrected chi connectivity index (χ2v) is 6.56. The van der Waals surface area contributed by atoms with E-state index >= 15 is 0 Å². The fourth-order valence-electron chi connectivity index (χ4n) is 2.95. The molecule has 2 N–H and O–H groups in total. The summed E-state index contributed by atoms with van der Waals surface area (Å²) in [6.45, 7) is 4.06. The number of carbonyl (C=O) groups excluding carboxylic acids is 3. The minimum atomic E-state index is -0.221. The van der Waals surface area contributed by atoms with Crippen LogP contribution in [0.25, 0.3) is 0 Å². The molecule has 0 aromatic heterocycles. The molecule has 3 amide bonds. The van der Waals surface area contributed by atoms with Gasteiger partial charge < -0.3 is 25.0 Å². The summed E-state index contributed by atoms with van der Waals surface area (Å²) in [6, 6.07) is 12.1. The van der Waals surface area contributed by atoms with Gasteiger partial charge in [-0.3, -0.25) is 14.4 Å². The molecule has 0 atom stereocenters. The van der Waals surface area contributed by atoms with E-state index in [4.69, 9.17) is 9.47 Å². The van der Waals surface area contributed by atoms with Crippen molar-refractivity contribution < 1.29 is 23.9 Å². The number of nitrogens with zero attached hydrogens (tertiary/aromatic N) is 1. The molecule has 0 aliphatic carbocycles. The van der Waals surface area contributed by atoms with Crippen LogP contribution in [0.3, 0.4) is 0 Å². The number of fused-ring (bicyclic) bond motifs is 1. The summed E-state index contributed by atoms with van der Waals surface area (Å²) in [5.41, 5.74) is 1.91. The van der Waals surface area contributed by atoms with Crippen molar-refractivity contribution in [3.63, 3.8) is 0 Å². The molecule has 2 aromatic rings. The zero-order chi connectivity index (χ0) is 20.8. The van der Waals surface area contributed by atoms with Crippen LogP contribution < -0.4 is 25.0 Å². The van der Waals surface area contributed by atoms with Crippen LogP contribution in [-0.4, -0.2) is 37.5 Å². The van der Waals surface area contributed by atoms with Crippen LogP contribution in [0.1, 0.15) is 20.3 Å². The van der Waals surface area contributed by atoms with Gasteiger partial charge in [0.05, 0.1) is 0 Å². The van der Waals surface area contributed by atoms with Crippen molar-refractivity contribution in [1.82, 2.24) is 0 Å². The predicted octanol–water partition coefficient (Wildman–Crippen LogP) is 2.80. The third-order valence-electron chi connectivity index (χ3n) is 4.27. The standard InChI is InChI=1S/C21H23N3O5/c1-14(25)22-16-3-5-17(6-4-16)23-21(27)9-10-24(15(2)26)18-7-8-19-20(13-18)29-12-11-28-19/h3-8,13H,9-12H2,1-2H3,(H,22,25)(H,23,27). The van der Waals surface area contributed by atoms with Gasteiger partial charge in [-0.1, -0.05) is 0 Å². The Morgan fingerprint density at radius 3 is 2.14 bits per heavy atom. The first-order chi connectivity index (χ1) is 13.9. The van der Waals surface area contributed by atoms with Gasteiger partial charge in [-0.25, -0.2) is 0 Å². The summed E-state index contributed by atoms with van der Waals surface area (Å²) in [5, 5.41) is 5.45. The zero-order valence-electron chi connectivity index (χ0n) is 16.4. The Morgan fingerprint density at radius 2 is 1.52 bits per heavy atom. The fraction of sp³-hybridized carbons (Fsp3) is 0.286. The van der Waals surface area contributed by atoms with Crippen LogP contribution >= 0.6 is 0 Å². The lowest BCUT2D eigenvalue weighted by Crippen LogP contribution is -2.32. The smallest absolute Gasteiger partial charge is 0.226 e. The van der Waals surface area contributed by atoms with Crippen molar-refractivity contribution in [3.8, 4) is 11.5 Å². The van der Waals surface area contributed by atoms with Crippen molar-refractivity contribution in [1.29, 1.82) is 0 Å². The summed E-state index contributed by atoms with van der Waals surface area (Å²) in [7, 11) is 0. The molecule has 29 heavy (non-hydrogen) atoms. The predicted molar refractivity (Wildman–Crippen MR) is 109 cm³/mol. The normalized spacial score (nSPS) is 12.1. The summed E-state index contributed by atoms with van der Waals surface area (Å²) >= 11 is 0. The molecule has 0 fully saturated rings. The van der Waals surface area contributed by atoms with E-state index in [2.05, 4.69) is 10.6 Å². The topological polar surface area (TPSA) is 97.0 Å². The summed E-state index contributed by atoms with van der Waals surface area (Å²) in [6.07, 6.45) is 0.126. The van der Waals surface area contributed by atoms with Gasteiger partial charge in [0.1, 0.15) is 13.2 Å². The molecule has 8 heteroatoms. The van der Waals surface area contributed by atoms with Crippen LogP contribution in [0.2, 0.25) is 0 Å². The highest BCUT2D eigenvalue weighted by atomic mass is 16.6. The van der Waals surface area contributed by atoms with Gasteiger partial charge in [0.2, 0.25) is 17.7 Å². The van der Waals surface area contributed by atoms with E-state index in [1.54, 1.807) is 42.5 Å². The molecule has 3 rings (SSSR count). The number of amides is 3. The van der Waals surface area contributed by atoms with Crippen LogP contribution in [-0.2, 0) is 14.4 Å². The number of ether oxygens (including phenoxy) is 2. The molecule has 152 valence electrons. The second kappa shape index (κ2) is 9.09. The maximum Gasteiger partial charge on any atom is 0.226 e. The van der Waals surface area contributed by atoms with Crippen molar-refractivity contribution in [2.45, 2.75) is 20.3 Å². The van der Waals surface area contributed by atoms with Crippen molar-refractivity contribution in [2.75, 3.05) is 35.3 Å². The molecule has 0 radical (unpaired) electrons. The lowest BCUT2D eigenvalue weighted by Gasteiger charge is -2.24. The Kier molecular flexibility index (Phi) is 6.33. The van der Waals surface area contributed by atoms with Gasteiger partial charge in [0.25, 0.3) is 0 Å². The molecule has 0 saturated heterocycles. The average Bonchev–Trinajstić information content (AvgIpc) is 2.69. The molecule has 1 heterocycles. The van der Waals surface area contributed by atoms with E-state index in [-0.39, 0.29) is 30.7 Å². The third-order valence-corrected chi connectivity index (χ3v) is 4.27. The molecule has 1 aliphatic rings. The second-order valence-electron chi connectivity index (χ2n) is 6.56. The average molecular weight is 397 g/mol. The first kappa shape index (κ1) is 20.2. The molecule has 8 nitrogen and oxygen atoms in total. The van der Waals surface area contributed by atoms with Crippen molar-refractivity contribution in [2.24, 2.45) is 0 Å². The van der Waals surface area contributed by atoms with E-state index < -0.39 is 0 Å². The van der Waals surface area contributed by atoms with Crippen LogP contribution in [0.4, 0.5) is 17.1 Å². The maximum absolute atomic E-state index is 12.3. The largest absolute Gasteiger partial charge is 0.486 e. The molecule has 0 bridgehead atoms. The number of rotatable bonds is 6. The molecule has 2 aromatic carbocycles. The van der Waals surface area contributed by atoms with Crippen LogP contribution in [0.15, 0.2) is 42.5 Å². The fourth-order valence-corrected chi connectivity index (χ4v) is 2.95. The van der Waals surface area contributed by atoms with E-state index in [0.29, 0.717) is 41.8 Å². The Balaban J connectivity index is 1.59. The van der Waals surface area contributed by atoms with Crippen LogP contribution in [0, 0.1) is 0 Å². The van der Waals surface area contributed by atoms with Gasteiger partial charge in [0, 0.05) is 49.9 Å². The third kappa shape index (κ3) is 5.47. The SMILES string of the molecule is CC(=O)Nc1ccc(NC(=O)CCN(C(C)=O)c2ccc3c(c2)OCCO3)cc1. The molecule has 0 unspecified atom stereocenters. The molecule has 0 spiro atoms. The quantitative estimate of drug-likeness (QED) is 0.781. The number of nitrogens with one attached hydrogen (secondary N) is 2. The first-order valence-corrected chi connectivity index (χ1v) is 9.27. The summed E-state index contributed by atoms with van der Waals surface area (Å²) in [4.78, 5) is 37.0. The Hall–Kier alpha value is -3.55. The van der Waals surface area contributed by atoms with E-state index in [1.165, 1.54) is 18.7 Å². The summed E-state index contributed by atoms with van der Waals surface area (Å²) in [5.74, 6) is 0.674. The number of carbonyl (C=O) groups is 3. The van der Waals surface area contributed by atoms with Gasteiger partial charge in [-0.15, -0.1) is 0 Å². The number of anilines is 3. The van der Waals surface area contributed by atoms with Crippen molar-refractivity contribution >= 4 is 34.8 Å². The summed E-state index contributed by atoms with van der Waals surface area (Å²) < 4.78 is 11.1. The first-order valence-electron chi connectivity index (χ1n) is 9.27. The molecule has 0 saturated carbocycles. The monoisotopic (exact) mass is 397 g/mol. The molecular formula is C21H23N3O5. The van der Waals surface area contributed by atoms with Crippen LogP contribution in [0.5, 0.6) is 11.5 Å². The zero-order valence-corrected chi connectivity index (χ0v) is 16.4. The highest BCUT2D eigenvalue weighted by molar-refractivity contribution is 5.95. The lowest BCUT2D eigenvalue weighted by atomic mass is 10.2.